The van der Waals surface area contributed by atoms with Crippen LogP contribution in [0.2, 0.25) is 0 Å². The van der Waals surface area contributed by atoms with Crippen molar-refractivity contribution in [2.45, 2.75) is 57.5 Å². The van der Waals surface area contributed by atoms with Crippen molar-refractivity contribution in [1.82, 2.24) is 10.2 Å². The molecule has 0 saturated heterocycles. The highest BCUT2D eigenvalue weighted by Gasteiger charge is 2.34. The lowest BCUT2D eigenvalue weighted by atomic mass is 10.1. The Bertz CT molecular complexity index is 1350. The number of aryl methyl sites for hydroxylation is 1. The minimum atomic E-state index is -4.12. The third-order valence-electron chi connectivity index (χ3n) is 6.48. The van der Waals surface area contributed by atoms with E-state index >= 15 is 0 Å². The molecule has 0 aliphatic rings. The van der Waals surface area contributed by atoms with E-state index < -0.39 is 34.3 Å². The molecule has 0 aliphatic heterocycles. The molecule has 7 nitrogen and oxygen atoms in total. The molecule has 0 heterocycles. The van der Waals surface area contributed by atoms with Crippen LogP contribution in [0.3, 0.4) is 0 Å². The zero-order valence-electron chi connectivity index (χ0n) is 22.6. The summed E-state index contributed by atoms with van der Waals surface area (Å²) in [6, 6.07) is 19.7. The summed E-state index contributed by atoms with van der Waals surface area (Å²) >= 11 is 0. The summed E-state index contributed by atoms with van der Waals surface area (Å²) in [7, 11) is -4.12. The van der Waals surface area contributed by atoms with Crippen molar-refractivity contribution in [2.24, 2.45) is 0 Å². The van der Waals surface area contributed by atoms with Crippen molar-refractivity contribution < 1.29 is 22.4 Å². The molecule has 9 heteroatoms. The third kappa shape index (κ3) is 7.66. The van der Waals surface area contributed by atoms with E-state index in [1.807, 2.05) is 6.92 Å². The number of sulfonamides is 1. The molecule has 3 rings (SSSR count). The van der Waals surface area contributed by atoms with Crippen molar-refractivity contribution in [3.63, 3.8) is 0 Å². The number of para-hydroxylation sites is 1. The van der Waals surface area contributed by atoms with Gasteiger partial charge in [0, 0.05) is 13.1 Å². The van der Waals surface area contributed by atoms with Crippen molar-refractivity contribution in [2.75, 3.05) is 17.4 Å². The van der Waals surface area contributed by atoms with Gasteiger partial charge in [-0.2, -0.15) is 0 Å². The predicted octanol–water partition coefficient (Wildman–Crippen LogP) is 5.05. The molecule has 0 unspecified atom stereocenters. The molecule has 208 valence electrons. The number of hydrogen-bond donors (Lipinski definition) is 1. The monoisotopic (exact) mass is 553 g/mol. The summed E-state index contributed by atoms with van der Waals surface area (Å²) in [4.78, 5) is 28.6. The Kier molecular flexibility index (Phi) is 10.6. The number of unbranched alkanes of at least 4 members (excludes halogenated alkanes) is 1. The number of anilines is 1. The Hall–Kier alpha value is -3.72. The first-order chi connectivity index (χ1) is 18.7. The van der Waals surface area contributed by atoms with Crippen LogP contribution in [0.25, 0.3) is 0 Å². The van der Waals surface area contributed by atoms with E-state index in [0.29, 0.717) is 29.8 Å². The first-order valence-corrected chi connectivity index (χ1v) is 14.6. The summed E-state index contributed by atoms with van der Waals surface area (Å²) in [6.07, 6.45) is 2.02. The van der Waals surface area contributed by atoms with Crippen LogP contribution in [0.1, 0.15) is 44.2 Å². The summed E-state index contributed by atoms with van der Waals surface area (Å²) in [5, 5.41) is 2.89. The van der Waals surface area contributed by atoms with Gasteiger partial charge >= 0.3 is 0 Å². The molecule has 0 bridgehead atoms. The molecule has 3 aromatic rings. The number of hydrogen-bond acceptors (Lipinski definition) is 4. The SMILES string of the molecule is CCCCNC(=O)[C@@H](CC)N(Cc1ccc(F)cc1)C(=O)CN(c1ccccc1C)S(=O)(=O)c1ccccc1. The lowest BCUT2D eigenvalue weighted by molar-refractivity contribution is -0.140. The molecule has 0 radical (unpaired) electrons. The van der Waals surface area contributed by atoms with Gasteiger partial charge in [0.25, 0.3) is 10.0 Å². The quantitative estimate of drug-likeness (QED) is 0.300. The van der Waals surface area contributed by atoms with Crippen LogP contribution in [0.5, 0.6) is 0 Å². The average molecular weight is 554 g/mol. The Morgan fingerprint density at radius 1 is 0.923 bits per heavy atom. The minimum Gasteiger partial charge on any atom is -0.354 e. The molecular weight excluding hydrogens is 517 g/mol. The molecule has 1 N–H and O–H groups in total. The number of nitrogens with one attached hydrogen (secondary N) is 1. The Morgan fingerprint density at radius 2 is 1.56 bits per heavy atom. The Morgan fingerprint density at radius 3 is 2.18 bits per heavy atom. The van der Waals surface area contributed by atoms with Gasteiger partial charge in [0.15, 0.2) is 0 Å². The number of nitrogens with zero attached hydrogens (tertiary/aromatic N) is 2. The number of carbonyl (C=O) groups excluding carboxylic acids is 2. The smallest absolute Gasteiger partial charge is 0.264 e. The van der Waals surface area contributed by atoms with Gasteiger partial charge in [-0.15, -0.1) is 0 Å². The fourth-order valence-electron chi connectivity index (χ4n) is 4.29. The van der Waals surface area contributed by atoms with E-state index in [9.17, 15) is 22.4 Å². The highest BCUT2D eigenvalue weighted by atomic mass is 32.2. The first kappa shape index (κ1) is 29.8. The van der Waals surface area contributed by atoms with E-state index in [2.05, 4.69) is 5.32 Å². The maximum absolute atomic E-state index is 14.0. The van der Waals surface area contributed by atoms with Gasteiger partial charge in [0.2, 0.25) is 11.8 Å². The summed E-state index contributed by atoms with van der Waals surface area (Å²) in [5.74, 6) is -1.27. The number of carbonyl (C=O) groups is 2. The average Bonchev–Trinajstić information content (AvgIpc) is 2.93. The van der Waals surface area contributed by atoms with Gasteiger partial charge in [-0.05, 0) is 61.2 Å². The zero-order chi connectivity index (χ0) is 28.4. The van der Waals surface area contributed by atoms with E-state index in [-0.39, 0.29) is 17.3 Å². The largest absolute Gasteiger partial charge is 0.354 e. The summed E-state index contributed by atoms with van der Waals surface area (Å²) in [6.45, 7) is 5.57. The topological polar surface area (TPSA) is 86.8 Å². The molecular formula is C30H36FN3O4S. The van der Waals surface area contributed by atoms with Gasteiger partial charge in [-0.25, -0.2) is 12.8 Å². The fourth-order valence-corrected chi connectivity index (χ4v) is 5.79. The minimum absolute atomic E-state index is 0.0197. The number of benzene rings is 3. The lowest BCUT2D eigenvalue weighted by Crippen LogP contribution is -2.52. The molecule has 0 aliphatic carbocycles. The molecule has 1 atom stereocenters. The van der Waals surface area contributed by atoms with E-state index in [1.54, 1.807) is 68.4 Å². The summed E-state index contributed by atoms with van der Waals surface area (Å²) in [5.41, 5.74) is 1.68. The van der Waals surface area contributed by atoms with Crippen LogP contribution in [0.4, 0.5) is 10.1 Å². The Labute approximate surface area is 230 Å². The van der Waals surface area contributed by atoms with Crippen LogP contribution in [0, 0.1) is 12.7 Å². The normalized spacial score (nSPS) is 12.0. The van der Waals surface area contributed by atoms with Gasteiger partial charge in [0.1, 0.15) is 18.4 Å². The molecule has 0 fully saturated rings. The molecule has 39 heavy (non-hydrogen) atoms. The van der Waals surface area contributed by atoms with E-state index in [0.717, 1.165) is 17.1 Å². The van der Waals surface area contributed by atoms with Crippen molar-refractivity contribution in [3.05, 3.63) is 95.8 Å². The van der Waals surface area contributed by atoms with Gasteiger partial charge in [-0.3, -0.25) is 13.9 Å². The highest BCUT2D eigenvalue weighted by molar-refractivity contribution is 7.92. The fraction of sp³-hybridized carbons (Fsp3) is 0.333. The lowest BCUT2D eigenvalue weighted by Gasteiger charge is -2.33. The number of halogens is 1. The van der Waals surface area contributed by atoms with Crippen molar-refractivity contribution >= 4 is 27.5 Å². The second kappa shape index (κ2) is 13.9. The third-order valence-corrected chi connectivity index (χ3v) is 8.25. The van der Waals surface area contributed by atoms with Crippen molar-refractivity contribution in [3.8, 4) is 0 Å². The van der Waals surface area contributed by atoms with Crippen molar-refractivity contribution in [1.29, 1.82) is 0 Å². The number of amides is 2. The maximum atomic E-state index is 14.0. The van der Waals surface area contributed by atoms with Gasteiger partial charge in [0.05, 0.1) is 10.6 Å². The van der Waals surface area contributed by atoms with Crippen LogP contribution in [-0.4, -0.2) is 44.3 Å². The predicted molar refractivity (Wildman–Crippen MR) is 151 cm³/mol. The highest BCUT2D eigenvalue weighted by Crippen LogP contribution is 2.27. The standard InChI is InChI=1S/C30H36FN3O4S/c1-4-6-20-32-30(36)27(5-2)33(21-24-16-18-25(31)19-17-24)29(35)22-34(28-15-11-10-12-23(28)3)39(37,38)26-13-8-7-9-14-26/h7-19,27H,4-6,20-22H2,1-3H3,(H,32,36)/t27-/m1/s1. The molecule has 2 amide bonds. The first-order valence-electron chi connectivity index (χ1n) is 13.1. The van der Waals surface area contributed by atoms with Crippen LogP contribution in [-0.2, 0) is 26.2 Å². The molecule has 0 spiro atoms. The second-order valence-electron chi connectivity index (χ2n) is 9.33. The molecule has 0 saturated carbocycles. The molecule has 0 aromatic heterocycles. The Balaban J connectivity index is 2.03. The summed E-state index contributed by atoms with van der Waals surface area (Å²) < 4.78 is 42.3. The van der Waals surface area contributed by atoms with Gasteiger partial charge in [-0.1, -0.05) is 68.8 Å². The van der Waals surface area contributed by atoms with Crippen LogP contribution >= 0.6 is 0 Å². The zero-order valence-corrected chi connectivity index (χ0v) is 23.5. The van der Waals surface area contributed by atoms with Crippen LogP contribution < -0.4 is 9.62 Å². The second-order valence-corrected chi connectivity index (χ2v) is 11.2. The number of rotatable bonds is 13. The molecule has 3 aromatic carbocycles. The van der Waals surface area contributed by atoms with E-state index in [4.69, 9.17) is 0 Å². The van der Waals surface area contributed by atoms with E-state index in [1.165, 1.54) is 29.2 Å². The van der Waals surface area contributed by atoms with Gasteiger partial charge < -0.3 is 10.2 Å². The maximum Gasteiger partial charge on any atom is 0.264 e. The van der Waals surface area contributed by atoms with Crippen LogP contribution in [0.15, 0.2) is 83.8 Å².